The molecule has 2 aromatic rings. The number of rotatable bonds is 8. The van der Waals surface area contributed by atoms with E-state index < -0.39 is 17.1 Å². The van der Waals surface area contributed by atoms with Gasteiger partial charge in [-0.05, 0) is 67.9 Å². The molecule has 3 rings (SSSR count). The molecule has 1 saturated heterocycles. The van der Waals surface area contributed by atoms with E-state index >= 15 is 0 Å². The lowest BCUT2D eigenvalue weighted by Gasteiger charge is -2.14. The first kappa shape index (κ1) is 23.7. The molecule has 0 atom stereocenters. The summed E-state index contributed by atoms with van der Waals surface area (Å²) in [4.78, 5) is 38.7. The summed E-state index contributed by atoms with van der Waals surface area (Å²) in [6.45, 7) is 5.99. The van der Waals surface area contributed by atoms with Crippen molar-refractivity contribution < 1.29 is 23.9 Å². The van der Waals surface area contributed by atoms with E-state index in [1.54, 1.807) is 30.3 Å². The molecule has 0 saturated carbocycles. The zero-order valence-electron chi connectivity index (χ0n) is 17.9. The normalized spacial score (nSPS) is 14.8. The summed E-state index contributed by atoms with van der Waals surface area (Å²) in [5.41, 5.74) is 2.09. The maximum atomic E-state index is 12.8. The highest BCUT2D eigenvalue weighted by Gasteiger charge is 2.36. The summed E-state index contributed by atoms with van der Waals surface area (Å²) < 4.78 is 11.1. The fourth-order valence-electron chi connectivity index (χ4n) is 3.05. The Kier molecular flexibility index (Phi) is 7.82. The van der Waals surface area contributed by atoms with Crippen molar-refractivity contribution in [3.63, 3.8) is 0 Å². The highest BCUT2D eigenvalue weighted by atomic mass is 35.5. The molecule has 0 radical (unpaired) electrons. The lowest BCUT2D eigenvalue weighted by Crippen LogP contribution is -2.36. The Morgan fingerprint density at radius 2 is 1.88 bits per heavy atom. The number of benzene rings is 2. The second-order valence-corrected chi connectivity index (χ2v) is 8.23. The first-order chi connectivity index (χ1) is 15.3. The van der Waals surface area contributed by atoms with Gasteiger partial charge in [-0.25, -0.2) is 0 Å². The first-order valence-corrected chi connectivity index (χ1v) is 11.2. The summed E-state index contributed by atoms with van der Waals surface area (Å²) >= 11 is 7.10. The van der Waals surface area contributed by atoms with Crippen molar-refractivity contribution in [1.82, 2.24) is 4.90 Å². The SMILES string of the molecule is CCOc1cc(/C=C2/SC(=O)N(CC(=O)Nc3ccccc3C)C2=O)cc(Cl)c1OCC. The molecule has 0 unspecified atom stereocenters. The number of imide groups is 1. The molecule has 9 heteroatoms. The standard InChI is InChI=1S/C23H23ClN2O5S/c1-4-30-18-11-15(10-16(24)21(18)31-5-2)12-19-22(28)26(23(29)32-19)13-20(27)25-17-9-7-6-8-14(17)3/h6-12H,4-5,13H2,1-3H3,(H,25,27)/b19-12+. The average molecular weight is 475 g/mol. The Morgan fingerprint density at radius 1 is 1.16 bits per heavy atom. The number of aryl methyl sites for hydroxylation is 1. The van der Waals surface area contributed by atoms with Crippen LogP contribution in [0.5, 0.6) is 11.5 Å². The fraction of sp³-hybridized carbons (Fsp3) is 0.261. The van der Waals surface area contributed by atoms with Crippen LogP contribution in [-0.2, 0) is 9.59 Å². The third-order valence-corrected chi connectivity index (χ3v) is 5.70. The molecular formula is C23H23ClN2O5S. The molecule has 32 heavy (non-hydrogen) atoms. The maximum absolute atomic E-state index is 12.8. The zero-order chi connectivity index (χ0) is 23.3. The number of nitrogens with zero attached hydrogens (tertiary/aromatic N) is 1. The first-order valence-electron chi connectivity index (χ1n) is 10.0. The highest BCUT2D eigenvalue weighted by molar-refractivity contribution is 8.18. The molecule has 168 valence electrons. The van der Waals surface area contributed by atoms with Crippen molar-refractivity contribution in [2.75, 3.05) is 25.1 Å². The molecule has 2 aromatic carbocycles. The quantitative estimate of drug-likeness (QED) is 0.534. The van der Waals surface area contributed by atoms with Gasteiger partial charge in [0.05, 0.1) is 23.1 Å². The maximum Gasteiger partial charge on any atom is 0.294 e. The molecule has 0 aromatic heterocycles. The van der Waals surface area contributed by atoms with Crippen LogP contribution in [-0.4, -0.2) is 41.7 Å². The van der Waals surface area contributed by atoms with Crippen LogP contribution in [0.4, 0.5) is 10.5 Å². The lowest BCUT2D eigenvalue weighted by atomic mass is 10.1. The van der Waals surface area contributed by atoms with Gasteiger partial charge in [0.1, 0.15) is 6.54 Å². The number of amides is 3. The largest absolute Gasteiger partial charge is 0.490 e. The van der Waals surface area contributed by atoms with Crippen molar-refractivity contribution in [3.8, 4) is 11.5 Å². The number of hydrogen-bond acceptors (Lipinski definition) is 6. The number of halogens is 1. The molecule has 0 bridgehead atoms. The molecule has 7 nitrogen and oxygen atoms in total. The van der Waals surface area contributed by atoms with Gasteiger partial charge in [-0.3, -0.25) is 19.3 Å². The average Bonchev–Trinajstić information content (AvgIpc) is 3.00. The van der Waals surface area contributed by atoms with Gasteiger partial charge in [0.2, 0.25) is 5.91 Å². The lowest BCUT2D eigenvalue weighted by molar-refractivity contribution is -0.127. The molecule has 0 aliphatic carbocycles. The van der Waals surface area contributed by atoms with Crippen molar-refractivity contribution in [2.45, 2.75) is 20.8 Å². The van der Waals surface area contributed by atoms with Crippen LogP contribution < -0.4 is 14.8 Å². The van der Waals surface area contributed by atoms with Crippen LogP contribution in [0.15, 0.2) is 41.3 Å². The van der Waals surface area contributed by atoms with Crippen LogP contribution in [0.3, 0.4) is 0 Å². The van der Waals surface area contributed by atoms with Gasteiger partial charge < -0.3 is 14.8 Å². The van der Waals surface area contributed by atoms with Crippen LogP contribution in [0.1, 0.15) is 25.0 Å². The van der Waals surface area contributed by atoms with Gasteiger partial charge in [-0.2, -0.15) is 0 Å². The third kappa shape index (κ3) is 5.44. The van der Waals surface area contributed by atoms with E-state index in [9.17, 15) is 14.4 Å². The number of hydrogen-bond donors (Lipinski definition) is 1. The Balaban J connectivity index is 1.78. The van der Waals surface area contributed by atoms with Crippen LogP contribution in [0.25, 0.3) is 6.08 Å². The summed E-state index contributed by atoms with van der Waals surface area (Å²) in [7, 11) is 0. The molecule has 1 heterocycles. The third-order valence-electron chi connectivity index (χ3n) is 4.51. The number of para-hydroxylation sites is 1. The van der Waals surface area contributed by atoms with E-state index in [4.69, 9.17) is 21.1 Å². The second-order valence-electron chi connectivity index (χ2n) is 6.83. The molecule has 1 aliphatic heterocycles. The molecule has 1 N–H and O–H groups in total. The molecule has 0 spiro atoms. The van der Waals surface area contributed by atoms with Crippen molar-refractivity contribution in [3.05, 3.63) is 57.5 Å². The minimum Gasteiger partial charge on any atom is -0.490 e. The zero-order valence-corrected chi connectivity index (χ0v) is 19.5. The minimum atomic E-state index is -0.539. The van der Waals surface area contributed by atoms with Crippen LogP contribution >= 0.6 is 23.4 Å². The number of nitrogens with one attached hydrogen (secondary N) is 1. The number of carbonyl (C=O) groups is 3. The molecule has 1 aliphatic rings. The van der Waals surface area contributed by atoms with Crippen molar-refractivity contribution in [2.24, 2.45) is 0 Å². The van der Waals surface area contributed by atoms with Gasteiger partial charge in [0.15, 0.2) is 11.5 Å². The topological polar surface area (TPSA) is 84.9 Å². The van der Waals surface area contributed by atoms with Crippen molar-refractivity contribution >= 4 is 52.2 Å². The summed E-state index contributed by atoms with van der Waals surface area (Å²) in [6.07, 6.45) is 1.55. The van der Waals surface area contributed by atoms with E-state index in [0.717, 1.165) is 22.2 Å². The van der Waals surface area contributed by atoms with Crippen molar-refractivity contribution in [1.29, 1.82) is 0 Å². The predicted octanol–water partition coefficient (Wildman–Crippen LogP) is 5.12. The van der Waals surface area contributed by atoms with E-state index in [-0.39, 0.29) is 11.4 Å². The number of thioether (sulfide) groups is 1. The number of ether oxygens (including phenoxy) is 2. The smallest absolute Gasteiger partial charge is 0.294 e. The Labute approximate surface area is 195 Å². The molecule has 3 amide bonds. The Hall–Kier alpha value is -2.97. The van der Waals surface area contributed by atoms with Crippen LogP contribution in [0.2, 0.25) is 5.02 Å². The number of carbonyl (C=O) groups excluding carboxylic acids is 3. The highest BCUT2D eigenvalue weighted by Crippen LogP contribution is 2.39. The predicted molar refractivity (Wildman–Crippen MR) is 126 cm³/mol. The summed E-state index contributed by atoms with van der Waals surface area (Å²) in [5, 5.41) is 2.55. The van der Waals surface area contributed by atoms with Gasteiger partial charge in [0.25, 0.3) is 11.1 Å². The molecule has 1 fully saturated rings. The minimum absolute atomic E-state index is 0.196. The molecular weight excluding hydrogens is 452 g/mol. The second kappa shape index (κ2) is 10.6. The van der Waals surface area contributed by atoms with Gasteiger partial charge in [0, 0.05) is 5.69 Å². The van der Waals surface area contributed by atoms with Gasteiger partial charge in [-0.15, -0.1) is 0 Å². The summed E-state index contributed by atoms with van der Waals surface area (Å²) in [6, 6.07) is 10.6. The Bertz CT molecular complexity index is 1090. The Morgan fingerprint density at radius 3 is 2.56 bits per heavy atom. The van der Waals surface area contributed by atoms with E-state index in [0.29, 0.717) is 41.0 Å². The van der Waals surface area contributed by atoms with Gasteiger partial charge >= 0.3 is 0 Å². The van der Waals surface area contributed by atoms with E-state index in [1.807, 2.05) is 32.9 Å². The van der Waals surface area contributed by atoms with E-state index in [1.165, 1.54) is 0 Å². The summed E-state index contributed by atoms with van der Waals surface area (Å²) in [5.74, 6) is -0.118. The van der Waals surface area contributed by atoms with Crippen LogP contribution in [0, 0.1) is 6.92 Å². The van der Waals surface area contributed by atoms with Gasteiger partial charge in [-0.1, -0.05) is 29.8 Å². The fourth-order valence-corrected chi connectivity index (χ4v) is 4.16. The van der Waals surface area contributed by atoms with E-state index in [2.05, 4.69) is 5.32 Å². The number of anilines is 1. The monoisotopic (exact) mass is 474 g/mol.